The molecule has 0 atom stereocenters. The molecule has 0 saturated carbocycles. The molecule has 0 aliphatic carbocycles. The average Bonchev–Trinajstić information content (AvgIpc) is 2.99. The largest absolute Gasteiger partial charge is 0.478 e. The molecule has 0 saturated heterocycles. The van der Waals surface area contributed by atoms with E-state index in [-0.39, 0.29) is 11.4 Å². The summed E-state index contributed by atoms with van der Waals surface area (Å²) < 4.78 is 15.3. The molecule has 110 valence electrons. The number of nitrogens with zero attached hydrogens (tertiary/aromatic N) is 1. The summed E-state index contributed by atoms with van der Waals surface area (Å²) in [6.45, 7) is 1.92. The summed E-state index contributed by atoms with van der Waals surface area (Å²) in [7, 11) is 0. The highest BCUT2D eigenvalue weighted by Gasteiger charge is 2.08. The molecule has 0 aliphatic rings. The quantitative estimate of drug-likeness (QED) is 0.783. The van der Waals surface area contributed by atoms with Crippen LogP contribution in [0.25, 0.3) is 16.8 Å². The van der Waals surface area contributed by atoms with E-state index in [1.807, 2.05) is 36.0 Å². The van der Waals surface area contributed by atoms with Gasteiger partial charge in [0.15, 0.2) is 0 Å². The van der Waals surface area contributed by atoms with Gasteiger partial charge in [-0.2, -0.15) is 0 Å². The first-order chi connectivity index (χ1) is 10.5. The van der Waals surface area contributed by atoms with Crippen molar-refractivity contribution in [2.75, 3.05) is 0 Å². The molecule has 1 heterocycles. The van der Waals surface area contributed by atoms with Crippen molar-refractivity contribution in [3.63, 3.8) is 0 Å². The minimum atomic E-state index is -0.956. The Labute approximate surface area is 127 Å². The molecule has 3 nitrogen and oxygen atoms in total. The highest BCUT2D eigenvalue weighted by atomic mass is 19.1. The molecule has 0 aliphatic heterocycles. The van der Waals surface area contributed by atoms with Gasteiger partial charge in [-0.05, 0) is 53.9 Å². The topological polar surface area (TPSA) is 42.2 Å². The zero-order valence-corrected chi connectivity index (χ0v) is 12.0. The number of aromatic carboxylic acids is 1. The maximum atomic E-state index is 13.4. The predicted octanol–water partition coefficient (Wildman–Crippen LogP) is 4.29. The molecular formula is C18H14FNO2. The van der Waals surface area contributed by atoms with E-state index in [1.54, 1.807) is 24.3 Å². The van der Waals surface area contributed by atoms with Gasteiger partial charge in [0.05, 0.1) is 11.3 Å². The molecule has 0 bridgehead atoms. The van der Waals surface area contributed by atoms with Crippen LogP contribution >= 0.6 is 0 Å². The standard InChI is InChI=1S/C18H14FNO2/c1-12-5-6-16(19)10-17(12)20-8-7-15(11-20)13-3-2-4-14(9-13)18(21)22/h2-11H,1H3,(H,21,22). The van der Waals surface area contributed by atoms with E-state index in [9.17, 15) is 9.18 Å². The van der Waals surface area contributed by atoms with Crippen LogP contribution in [-0.2, 0) is 0 Å². The second-order valence-electron chi connectivity index (χ2n) is 5.12. The Hall–Kier alpha value is -2.88. The molecule has 22 heavy (non-hydrogen) atoms. The molecule has 0 fully saturated rings. The van der Waals surface area contributed by atoms with Gasteiger partial charge >= 0.3 is 5.97 Å². The van der Waals surface area contributed by atoms with Crippen LogP contribution in [0.4, 0.5) is 4.39 Å². The van der Waals surface area contributed by atoms with Crippen molar-refractivity contribution < 1.29 is 14.3 Å². The Kier molecular flexibility index (Phi) is 3.51. The minimum Gasteiger partial charge on any atom is -0.478 e. The molecule has 0 amide bonds. The van der Waals surface area contributed by atoms with Gasteiger partial charge in [-0.25, -0.2) is 9.18 Å². The maximum absolute atomic E-state index is 13.4. The van der Waals surface area contributed by atoms with E-state index < -0.39 is 5.97 Å². The molecule has 0 radical (unpaired) electrons. The first-order valence-corrected chi connectivity index (χ1v) is 6.83. The first kappa shape index (κ1) is 14.1. The predicted molar refractivity (Wildman–Crippen MR) is 82.9 cm³/mol. The fourth-order valence-electron chi connectivity index (χ4n) is 2.41. The first-order valence-electron chi connectivity index (χ1n) is 6.83. The lowest BCUT2D eigenvalue weighted by Gasteiger charge is -2.07. The number of hydrogen-bond acceptors (Lipinski definition) is 1. The lowest BCUT2D eigenvalue weighted by atomic mass is 10.1. The Morgan fingerprint density at radius 2 is 1.91 bits per heavy atom. The number of carbonyl (C=O) groups is 1. The Morgan fingerprint density at radius 1 is 1.09 bits per heavy atom. The summed E-state index contributed by atoms with van der Waals surface area (Å²) in [4.78, 5) is 11.0. The number of halogens is 1. The average molecular weight is 295 g/mol. The van der Waals surface area contributed by atoms with Gasteiger partial charge in [0.1, 0.15) is 5.82 Å². The van der Waals surface area contributed by atoms with Crippen LogP contribution in [0.2, 0.25) is 0 Å². The lowest BCUT2D eigenvalue weighted by Crippen LogP contribution is -1.96. The molecule has 0 unspecified atom stereocenters. The van der Waals surface area contributed by atoms with Gasteiger partial charge in [0.25, 0.3) is 0 Å². The van der Waals surface area contributed by atoms with Crippen molar-refractivity contribution in [3.8, 4) is 16.8 Å². The molecular weight excluding hydrogens is 281 g/mol. The second-order valence-corrected chi connectivity index (χ2v) is 5.12. The second kappa shape index (κ2) is 5.48. The van der Waals surface area contributed by atoms with Gasteiger partial charge in [0.2, 0.25) is 0 Å². The normalized spacial score (nSPS) is 10.6. The van der Waals surface area contributed by atoms with E-state index in [1.165, 1.54) is 12.1 Å². The monoisotopic (exact) mass is 295 g/mol. The molecule has 1 aromatic heterocycles. The third-order valence-corrected chi connectivity index (χ3v) is 3.59. The van der Waals surface area contributed by atoms with Crippen molar-refractivity contribution >= 4 is 5.97 Å². The molecule has 2 aromatic carbocycles. The zero-order valence-electron chi connectivity index (χ0n) is 12.0. The van der Waals surface area contributed by atoms with Gasteiger partial charge < -0.3 is 9.67 Å². The molecule has 1 N–H and O–H groups in total. The van der Waals surface area contributed by atoms with Gasteiger partial charge in [0, 0.05) is 12.4 Å². The van der Waals surface area contributed by atoms with Crippen LogP contribution < -0.4 is 0 Å². The summed E-state index contributed by atoms with van der Waals surface area (Å²) in [5.41, 5.74) is 3.66. The van der Waals surface area contributed by atoms with Crippen LogP contribution in [0.15, 0.2) is 60.9 Å². The SMILES string of the molecule is Cc1ccc(F)cc1-n1ccc(-c2cccc(C(=O)O)c2)c1. The highest BCUT2D eigenvalue weighted by Crippen LogP contribution is 2.24. The number of carboxylic acid groups (broad SMARTS) is 1. The van der Waals surface area contributed by atoms with Crippen LogP contribution in [0.5, 0.6) is 0 Å². The Balaban J connectivity index is 2.02. The van der Waals surface area contributed by atoms with Gasteiger partial charge in [-0.1, -0.05) is 18.2 Å². The zero-order chi connectivity index (χ0) is 15.7. The van der Waals surface area contributed by atoms with Crippen molar-refractivity contribution in [1.82, 2.24) is 4.57 Å². The third-order valence-electron chi connectivity index (χ3n) is 3.59. The molecule has 0 spiro atoms. The van der Waals surface area contributed by atoms with Crippen LogP contribution in [0, 0.1) is 12.7 Å². The van der Waals surface area contributed by atoms with Gasteiger partial charge in [-0.15, -0.1) is 0 Å². The van der Waals surface area contributed by atoms with Crippen molar-refractivity contribution in [2.24, 2.45) is 0 Å². The molecule has 3 aromatic rings. The fourth-order valence-corrected chi connectivity index (χ4v) is 2.41. The fraction of sp³-hybridized carbons (Fsp3) is 0.0556. The Morgan fingerprint density at radius 3 is 2.68 bits per heavy atom. The molecule has 3 rings (SSSR count). The van der Waals surface area contributed by atoms with Crippen molar-refractivity contribution in [2.45, 2.75) is 6.92 Å². The number of rotatable bonds is 3. The number of hydrogen-bond donors (Lipinski definition) is 1. The summed E-state index contributed by atoms with van der Waals surface area (Å²) in [6.07, 6.45) is 3.70. The number of benzene rings is 2. The van der Waals surface area contributed by atoms with Crippen molar-refractivity contribution in [3.05, 3.63) is 77.9 Å². The van der Waals surface area contributed by atoms with E-state index in [2.05, 4.69) is 0 Å². The lowest BCUT2D eigenvalue weighted by molar-refractivity contribution is 0.0697. The number of aromatic nitrogens is 1. The van der Waals surface area contributed by atoms with Crippen molar-refractivity contribution in [1.29, 1.82) is 0 Å². The van der Waals surface area contributed by atoms with E-state index in [0.717, 1.165) is 22.4 Å². The summed E-state index contributed by atoms with van der Waals surface area (Å²) in [5, 5.41) is 9.06. The number of carboxylic acids is 1. The van der Waals surface area contributed by atoms with E-state index in [0.29, 0.717) is 0 Å². The molecule has 4 heteroatoms. The highest BCUT2D eigenvalue weighted by molar-refractivity contribution is 5.89. The van der Waals surface area contributed by atoms with Gasteiger partial charge in [-0.3, -0.25) is 0 Å². The maximum Gasteiger partial charge on any atom is 0.335 e. The van der Waals surface area contributed by atoms with E-state index >= 15 is 0 Å². The van der Waals surface area contributed by atoms with E-state index in [4.69, 9.17) is 5.11 Å². The third kappa shape index (κ3) is 2.63. The Bertz CT molecular complexity index is 852. The van der Waals surface area contributed by atoms with Crippen LogP contribution in [0.1, 0.15) is 15.9 Å². The minimum absolute atomic E-state index is 0.243. The van der Waals surface area contributed by atoms with Crippen LogP contribution in [-0.4, -0.2) is 15.6 Å². The smallest absolute Gasteiger partial charge is 0.335 e. The number of aryl methyl sites for hydroxylation is 1. The summed E-state index contributed by atoms with van der Waals surface area (Å²) in [5.74, 6) is -1.24. The summed E-state index contributed by atoms with van der Waals surface area (Å²) in [6, 6.07) is 13.3. The van der Waals surface area contributed by atoms with Crippen LogP contribution in [0.3, 0.4) is 0 Å². The summed E-state index contributed by atoms with van der Waals surface area (Å²) >= 11 is 0.